The molecule has 0 fully saturated rings. The Bertz CT molecular complexity index is 545. The highest BCUT2D eigenvalue weighted by atomic mass is 32.2. The number of benzene rings is 1. The number of ether oxygens (including phenoxy) is 1. The number of hydrogen-bond acceptors (Lipinski definition) is 5. The molecule has 1 aliphatic rings. The number of rotatable bonds is 2. The lowest BCUT2D eigenvalue weighted by molar-refractivity contribution is 0.209. The van der Waals surface area contributed by atoms with E-state index in [4.69, 9.17) is 9.84 Å². The Morgan fingerprint density at radius 2 is 2.06 bits per heavy atom. The van der Waals surface area contributed by atoms with Gasteiger partial charge in [0.15, 0.2) is 11.9 Å². The van der Waals surface area contributed by atoms with Crippen LogP contribution in [0.2, 0.25) is 0 Å². The molecular formula is C13H12N2O2S. The topological polar surface area (TPSA) is 55.2 Å². The monoisotopic (exact) mass is 260 g/mol. The first-order valence-electron chi connectivity index (χ1n) is 5.67. The second-order valence-corrected chi connectivity index (χ2v) is 5.03. The first-order chi connectivity index (χ1) is 8.86. The van der Waals surface area contributed by atoms with E-state index >= 15 is 0 Å². The molecule has 2 aromatic rings. The predicted octanol–water partition coefficient (Wildman–Crippen LogP) is 2.19. The number of nitrogens with zero attached hydrogens (tertiary/aromatic N) is 2. The fourth-order valence-electron chi connectivity index (χ4n) is 1.76. The number of hydrogen-bond donors (Lipinski definition) is 1. The van der Waals surface area contributed by atoms with Crippen molar-refractivity contribution in [1.29, 1.82) is 0 Å². The summed E-state index contributed by atoms with van der Waals surface area (Å²) in [6.07, 6.45) is 3.14. The van der Waals surface area contributed by atoms with Gasteiger partial charge in [0.05, 0.1) is 6.61 Å². The van der Waals surface area contributed by atoms with Crippen molar-refractivity contribution >= 4 is 11.8 Å². The molecule has 92 valence electrons. The van der Waals surface area contributed by atoms with Gasteiger partial charge in [0, 0.05) is 28.6 Å². The summed E-state index contributed by atoms with van der Waals surface area (Å²) in [5.41, 5.74) is 0.711. The molecule has 0 aliphatic carbocycles. The van der Waals surface area contributed by atoms with Gasteiger partial charge in [-0.1, -0.05) is 12.1 Å². The molecule has 4 nitrogen and oxygen atoms in total. The van der Waals surface area contributed by atoms with Crippen molar-refractivity contribution in [1.82, 2.24) is 9.97 Å². The molecule has 1 N–H and O–H groups in total. The summed E-state index contributed by atoms with van der Waals surface area (Å²) in [5.74, 6) is 2.35. The number of thioether (sulfide) groups is 1. The van der Waals surface area contributed by atoms with Crippen LogP contribution < -0.4 is 4.74 Å². The Kier molecular flexibility index (Phi) is 3.17. The van der Waals surface area contributed by atoms with Crippen molar-refractivity contribution in [2.24, 2.45) is 0 Å². The average molecular weight is 260 g/mol. The van der Waals surface area contributed by atoms with Crippen LogP contribution in [-0.2, 0) is 6.61 Å². The van der Waals surface area contributed by atoms with Crippen molar-refractivity contribution in [3.05, 3.63) is 48.0 Å². The van der Waals surface area contributed by atoms with Gasteiger partial charge in [0.25, 0.3) is 0 Å². The number of para-hydroxylation sites is 1. The number of fused-ring (bicyclic) bond motifs is 1. The number of aliphatic hydroxyl groups excluding tert-OH is 1. The van der Waals surface area contributed by atoms with Crippen LogP contribution in [0.3, 0.4) is 0 Å². The van der Waals surface area contributed by atoms with Gasteiger partial charge in [0.1, 0.15) is 5.75 Å². The average Bonchev–Trinajstić information content (AvgIpc) is 2.47. The van der Waals surface area contributed by atoms with Crippen LogP contribution in [0.25, 0.3) is 0 Å². The molecule has 0 amide bonds. The molecule has 2 heterocycles. The normalized spacial score (nSPS) is 17.9. The second kappa shape index (κ2) is 4.96. The fourth-order valence-corrected chi connectivity index (χ4v) is 2.74. The Morgan fingerprint density at radius 3 is 2.83 bits per heavy atom. The molecule has 5 heteroatoms. The first kappa shape index (κ1) is 11.5. The molecule has 0 saturated heterocycles. The van der Waals surface area contributed by atoms with Gasteiger partial charge < -0.3 is 9.84 Å². The standard InChI is InChI=1S/C13H12N2O2S/c16-7-9-5-14-13(15-6-9)11-8-18-12-4-2-1-3-10(12)17-11/h1-6,11,16H,7-8H2. The third-order valence-electron chi connectivity index (χ3n) is 2.70. The zero-order chi connectivity index (χ0) is 12.4. The summed E-state index contributed by atoms with van der Waals surface area (Å²) in [7, 11) is 0. The zero-order valence-electron chi connectivity index (χ0n) is 9.61. The van der Waals surface area contributed by atoms with Crippen LogP contribution in [0, 0.1) is 0 Å². The Labute approximate surface area is 109 Å². The first-order valence-corrected chi connectivity index (χ1v) is 6.65. The molecule has 18 heavy (non-hydrogen) atoms. The van der Waals surface area contributed by atoms with E-state index in [0.29, 0.717) is 11.4 Å². The van der Waals surface area contributed by atoms with Gasteiger partial charge in [-0.2, -0.15) is 0 Å². The fraction of sp³-hybridized carbons (Fsp3) is 0.231. The molecular weight excluding hydrogens is 248 g/mol. The van der Waals surface area contributed by atoms with Gasteiger partial charge in [-0.3, -0.25) is 0 Å². The minimum atomic E-state index is -0.127. The largest absolute Gasteiger partial charge is 0.480 e. The maximum atomic E-state index is 8.95. The second-order valence-electron chi connectivity index (χ2n) is 3.97. The molecule has 1 aromatic heterocycles. The van der Waals surface area contributed by atoms with E-state index in [9.17, 15) is 0 Å². The van der Waals surface area contributed by atoms with Crippen LogP contribution in [0.5, 0.6) is 5.75 Å². The highest BCUT2D eigenvalue weighted by Crippen LogP contribution is 2.39. The SMILES string of the molecule is OCc1cnc(C2CSc3ccccc3O2)nc1. The van der Waals surface area contributed by atoms with Crippen LogP contribution in [0.1, 0.15) is 17.5 Å². The van der Waals surface area contributed by atoms with Crippen LogP contribution >= 0.6 is 11.8 Å². The van der Waals surface area contributed by atoms with Crippen molar-refractivity contribution in [3.8, 4) is 5.75 Å². The summed E-state index contributed by atoms with van der Waals surface area (Å²) in [6.45, 7) is -0.0383. The highest BCUT2D eigenvalue weighted by Gasteiger charge is 2.23. The van der Waals surface area contributed by atoms with Gasteiger partial charge in [-0.05, 0) is 12.1 Å². The molecule has 0 spiro atoms. The smallest absolute Gasteiger partial charge is 0.170 e. The maximum absolute atomic E-state index is 8.95. The quantitative estimate of drug-likeness (QED) is 0.897. The van der Waals surface area contributed by atoms with E-state index in [0.717, 1.165) is 16.4 Å². The summed E-state index contributed by atoms with van der Waals surface area (Å²) in [5, 5.41) is 8.95. The maximum Gasteiger partial charge on any atom is 0.170 e. The van der Waals surface area contributed by atoms with Crippen molar-refractivity contribution < 1.29 is 9.84 Å². The lowest BCUT2D eigenvalue weighted by atomic mass is 10.3. The van der Waals surface area contributed by atoms with Crippen LogP contribution in [0.15, 0.2) is 41.6 Å². The van der Waals surface area contributed by atoms with Gasteiger partial charge >= 0.3 is 0 Å². The van der Waals surface area contributed by atoms with E-state index in [-0.39, 0.29) is 12.7 Å². The molecule has 1 aliphatic heterocycles. The van der Waals surface area contributed by atoms with Crippen molar-refractivity contribution in [2.45, 2.75) is 17.6 Å². The van der Waals surface area contributed by atoms with E-state index < -0.39 is 0 Å². The predicted molar refractivity (Wildman–Crippen MR) is 68.5 cm³/mol. The summed E-state index contributed by atoms with van der Waals surface area (Å²) in [6, 6.07) is 7.96. The van der Waals surface area contributed by atoms with Crippen LogP contribution in [0.4, 0.5) is 0 Å². The van der Waals surface area contributed by atoms with Crippen LogP contribution in [-0.4, -0.2) is 20.8 Å². The minimum absolute atomic E-state index is 0.0383. The molecule has 1 aromatic carbocycles. The summed E-state index contributed by atoms with van der Waals surface area (Å²) < 4.78 is 5.88. The zero-order valence-corrected chi connectivity index (χ0v) is 10.4. The molecule has 0 saturated carbocycles. The van der Waals surface area contributed by atoms with Crippen molar-refractivity contribution in [3.63, 3.8) is 0 Å². The number of aliphatic hydroxyl groups is 1. The molecule has 0 radical (unpaired) electrons. The third-order valence-corrected chi connectivity index (χ3v) is 3.82. The highest BCUT2D eigenvalue weighted by molar-refractivity contribution is 7.99. The lowest BCUT2D eigenvalue weighted by Gasteiger charge is -2.24. The Hall–Kier alpha value is -1.59. The van der Waals surface area contributed by atoms with E-state index in [1.807, 2.05) is 24.3 Å². The van der Waals surface area contributed by atoms with Gasteiger partial charge in [0.2, 0.25) is 0 Å². The van der Waals surface area contributed by atoms with Gasteiger partial charge in [-0.25, -0.2) is 9.97 Å². The molecule has 1 atom stereocenters. The number of aromatic nitrogens is 2. The van der Waals surface area contributed by atoms with E-state index in [2.05, 4.69) is 9.97 Å². The summed E-state index contributed by atoms with van der Waals surface area (Å²) in [4.78, 5) is 9.63. The van der Waals surface area contributed by atoms with E-state index in [1.165, 1.54) is 0 Å². The molecule has 0 bridgehead atoms. The summed E-state index contributed by atoms with van der Waals surface area (Å²) >= 11 is 1.75. The third kappa shape index (κ3) is 2.19. The molecule has 3 rings (SSSR count). The lowest BCUT2D eigenvalue weighted by Crippen LogP contribution is -2.17. The Morgan fingerprint density at radius 1 is 1.28 bits per heavy atom. The molecule has 1 unspecified atom stereocenters. The minimum Gasteiger partial charge on any atom is -0.480 e. The van der Waals surface area contributed by atoms with E-state index in [1.54, 1.807) is 24.2 Å². The van der Waals surface area contributed by atoms with Gasteiger partial charge in [-0.15, -0.1) is 11.8 Å². The van der Waals surface area contributed by atoms with Crippen molar-refractivity contribution in [2.75, 3.05) is 5.75 Å². The Balaban J connectivity index is 1.82.